The minimum Gasteiger partial charge on any atom is -0.467 e. The molecule has 2 heterocycles. The van der Waals surface area contributed by atoms with Crippen molar-refractivity contribution < 1.29 is 4.42 Å². The van der Waals surface area contributed by atoms with Gasteiger partial charge in [0, 0.05) is 0 Å². The van der Waals surface area contributed by atoms with Gasteiger partial charge in [0.05, 0.1) is 25.2 Å². The van der Waals surface area contributed by atoms with E-state index in [9.17, 15) is 0 Å². The predicted molar refractivity (Wildman–Crippen MR) is 64.0 cm³/mol. The summed E-state index contributed by atoms with van der Waals surface area (Å²) in [6.45, 7) is 0.564. The summed E-state index contributed by atoms with van der Waals surface area (Å²) in [7, 11) is 0. The van der Waals surface area contributed by atoms with E-state index < -0.39 is 0 Å². The number of furan rings is 1. The van der Waals surface area contributed by atoms with Crippen LogP contribution >= 0.6 is 12.2 Å². The van der Waals surface area contributed by atoms with Gasteiger partial charge in [-0.2, -0.15) is 0 Å². The molecule has 0 saturated heterocycles. The molecule has 0 fully saturated rings. The molecular formula is C10H10N4OS. The fraction of sp³-hybridized carbons (Fsp3) is 0.100. The van der Waals surface area contributed by atoms with Crippen LogP contribution < -0.4 is 11.1 Å². The second kappa shape index (κ2) is 4.71. The average molecular weight is 234 g/mol. The Bertz CT molecular complexity index is 466. The summed E-state index contributed by atoms with van der Waals surface area (Å²) in [5.74, 6) is 1.48. The first kappa shape index (κ1) is 10.6. The van der Waals surface area contributed by atoms with Crippen LogP contribution in [0.15, 0.2) is 35.2 Å². The van der Waals surface area contributed by atoms with Gasteiger partial charge in [-0.25, -0.2) is 9.97 Å². The number of nitrogens with one attached hydrogen (secondary N) is 1. The molecule has 3 N–H and O–H groups in total. The first-order valence-corrected chi connectivity index (χ1v) is 5.04. The number of rotatable bonds is 4. The maximum Gasteiger partial charge on any atom is 0.144 e. The molecule has 0 bridgehead atoms. The number of nitrogens with zero attached hydrogens (tertiary/aromatic N) is 2. The van der Waals surface area contributed by atoms with E-state index in [1.54, 1.807) is 12.5 Å². The van der Waals surface area contributed by atoms with E-state index >= 15 is 0 Å². The lowest BCUT2D eigenvalue weighted by Crippen LogP contribution is -2.12. The van der Waals surface area contributed by atoms with Crippen molar-refractivity contribution >= 4 is 23.0 Å². The van der Waals surface area contributed by atoms with Crippen LogP contribution in [0.5, 0.6) is 0 Å². The molecule has 16 heavy (non-hydrogen) atoms. The molecule has 0 aliphatic rings. The van der Waals surface area contributed by atoms with Crippen molar-refractivity contribution in [2.24, 2.45) is 5.73 Å². The average Bonchev–Trinajstić information content (AvgIpc) is 2.80. The molecule has 0 radical (unpaired) electrons. The number of aromatic nitrogens is 2. The second-order valence-electron chi connectivity index (χ2n) is 3.08. The van der Waals surface area contributed by atoms with Crippen molar-refractivity contribution in [3.05, 3.63) is 42.2 Å². The second-order valence-corrected chi connectivity index (χ2v) is 3.52. The van der Waals surface area contributed by atoms with E-state index in [0.29, 0.717) is 18.1 Å². The standard InChI is InChI=1S/C10H10N4OS/c11-10(16)8-5-14-9(6-12-8)13-4-7-2-1-3-15-7/h1-3,5-6H,4H2,(H2,11,16)(H,13,14). The van der Waals surface area contributed by atoms with Gasteiger partial charge in [0.1, 0.15) is 22.3 Å². The molecule has 2 aromatic heterocycles. The summed E-state index contributed by atoms with van der Waals surface area (Å²) in [6.07, 6.45) is 4.74. The highest BCUT2D eigenvalue weighted by Gasteiger charge is 2.00. The number of thiocarbonyl (C=S) groups is 1. The normalized spacial score (nSPS) is 10.0. The van der Waals surface area contributed by atoms with Gasteiger partial charge in [0.25, 0.3) is 0 Å². The Kier molecular flexibility index (Phi) is 3.11. The zero-order valence-corrected chi connectivity index (χ0v) is 9.20. The summed E-state index contributed by atoms with van der Waals surface area (Å²) in [4.78, 5) is 8.41. The predicted octanol–water partition coefficient (Wildman–Crippen LogP) is 1.32. The Balaban J connectivity index is 1.98. The van der Waals surface area contributed by atoms with Crippen molar-refractivity contribution in [1.29, 1.82) is 0 Å². The molecule has 2 rings (SSSR count). The van der Waals surface area contributed by atoms with Crippen LogP contribution in [-0.2, 0) is 6.54 Å². The van der Waals surface area contributed by atoms with Crippen molar-refractivity contribution in [3.8, 4) is 0 Å². The van der Waals surface area contributed by atoms with Crippen molar-refractivity contribution in [2.45, 2.75) is 6.54 Å². The van der Waals surface area contributed by atoms with Crippen LogP contribution in [0.3, 0.4) is 0 Å². The third-order valence-electron chi connectivity index (χ3n) is 1.93. The zero-order chi connectivity index (χ0) is 11.4. The van der Waals surface area contributed by atoms with E-state index in [4.69, 9.17) is 22.4 Å². The molecule has 82 valence electrons. The third kappa shape index (κ3) is 2.54. The van der Waals surface area contributed by atoms with Crippen LogP contribution in [0.2, 0.25) is 0 Å². The molecule has 0 unspecified atom stereocenters. The molecule has 0 aliphatic heterocycles. The fourth-order valence-electron chi connectivity index (χ4n) is 1.14. The largest absolute Gasteiger partial charge is 0.467 e. The Labute approximate surface area is 97.7 Å². The van der Waals surface area contributed by atoms with Gasteiger partial charge in [0.15, 0.2) is 0 Å². The Morgan fingerprint density at radius 2 is 2.31 bits per heavy atom. The van der Waals surface area contributed by atoms with Gasteiger partial charge in [-0.05, 0) is 12.1 Å². The van der Waals surface area contributed by atoms with E-state index in [2.05, 4.69) is 15.3 Å². The first-order valence-electron chi connectivity index (χ1n) is 4.64. The summed E-state index contributed by atoms with van der Waals surface area (Å²) in [5.41, 5.74) is 5.92. The molecule has 5 nitrogen and oxygen atoms in total. The van der Waals surface area contributed by atoms with Crippen LogP contribution in [0.4, 0.5) is 5.82 Å². The smallest absolute Gasteiger partial charge is 0.144 e. The molecule has 0 saturated carbocycles. The molecule has 2 aromatic rings. The van der Waals surface area contributed by atoms with Crippen molar-refractivity contribution in [2.75, 3.05) is 5.32 Å². The summed E-state index contributed by atoms with van der Waals surface area (Å²) >= 11 is 4.77. The van der Waals surface area contributed by atoms with Crippen LogP contribution in [0.25, 0.3) is 0 Å². The Morgan fingerprint density at radius 1 is 1.44 bits per heavy atom. The van der Waals surface area contributed by atoms with Gasteiger partial charge >= 0.3 is 0 Å². The number of hydrogen-bond acceptors (Lipinski definition) is 5. The number of hydrogen-bond donors (Lipinski definition) is 2. The zero-order valence-electron chi connectivity index (χ0n) is 8.38. The minimum absolute atomic E-state index is 0.241. The minimum atomic E-state index is 0.241. The lowest BCUT2D eigenvalue weighted by atomic mass is 10.4. The summed E-state index contributed by atoms with van der Waals surface area (Å²) < 4.78 is 5.17. The molecule has 0 aliphatic carbocycles. The van der Waals surface area contributed by atoms with Gasteiger partial charge in [0.2, 0.25) is 0 Å². The Hall–Kier alpha value is -1.95. The number of anilines is 1. The van der Waals surface area contributed by atoms with Gasteiger partial charge in [-0.15, -0.1) is 0 Å². The molecule has 0 spiro atoms. The van der Waals surface area contributed by atoms with Gasteiger partial charge in [-0.3, -0.25) is 0 Å². The summed E-state index contributed by atoms with van der Waals surface area (Å²) in [6, 6.07) is 3.71. The highest BCUT2D eigenvalue weighted by Crippen LogP contribution is 2.05. The van der Waals surface area contributed by atoms with E-state index in [0.717, 1.165) is 5.76 Å². The Morgan fingerprint density at radius 3 is 2.88 bits per heavy atom. The maximum absolute atomic E-state index is 5.41. The molecule has 0 aromatic carbocycles. The molecule has 0 atom stereocenters. The number of nitrogens with two attached hydrogens (primary N) is 1. The summed E-state index contributed by atoms with van der Waals surface area (Å²) in [5, 5.41) is 3.06. The maximum atomic E-state index is 5.41. The van der Waals surface area contributed by atoms with E-state index in [1.165, 1.54) is 6.20 Å². The van der Waals surface area contributed by atoms with Gasteiger partial charge < -0.3 is 15.5 Å². The molecule has 0 amide bonds. The van der Waals surface area contributed by atoms with Crippen molar-refractivity contribution in [1.82, 2.24) is 9.97 Å². The van der Waals surface area contributed by atoms with Crippen LogP contribution in [0, 0.1) is 0 Å². The van der Waals surface area contributed by atoms with E-state index in [-0.39, 0.29) is 4.99 Å². The highest BCUT2D eigenvalue weighted by atomic mass is 32.1. The fourth-order valence-corrected chi connectivity index (χ4v) is 1.24. The lowest BCUT2D eigenvalue weighted by Gasteiger charge is -2.03. The van der Waals surface area contributed by atoms with Crippen LogP contribution in [-0.4, -0.2) is 15.0 Å². The molecular weight excluding hydrogens is 224 g/mol. The van der Waals surface area contributed by atoms with E-state index in [1.807, 2.05) is 12.1 Å². The van der Waals surface area contributed by atoms with Crippen LogP contribution in [0.1, 0.15) is 11.5 Å². The monoisotopic (exact) mass is 234 g/mol. The SMILES string of the molecule is NC(=S)c1cnc(NCc2ccco2)cn1. The quantitative estimate of drug-likeness (QED) is 0.777. The van der Waals surface area contributed by atoms with Crippen molar-refractivity contribution in [3.63, 3.8) is 0 Å². The topological polar surface area (TPSA) is 77.0 Å². The highest BCUT2D eigenvalue weighted by molar-refractivity contribution is 7.80. The lowest BCUT2D eigenvalue weighted by molar-refractivity contribution is 0.518. The first-order chi connectivity index (χ1) is 7.75. The molecule has 6 heteroatoms. The van der Waals surface area contributed by atoms with Gasteiger partial charge in [-0.1, -0.05) is 12.2 Å². The third-order valence-corrected chi connectivity index (χ3v) is 2.14.